The maximum atomic E-state index is 12.1. The Morgan fingerprint density at radius 3 is 2.42 bits per heavy atom. The largest absolute Gasteiger partial charge is 0.493 e. The lowest BCUT2D eigenvalue weighted by Crippen LogP contribution is -2.52. The molecule has 2 rings (SSSR count). The Kier molecular flexibility index (Phi) is 7.03. The van der Waals surface area contributed by atoms with Gasteiger partial charge in [-0.15, -0.1) is 0 Å². The Labute approximate surface area is 144 Å². The third kappa shape index (κ3) is 4.69. The van der Waals surface area contributed by atoms with Gasteiger partial charge in [0.05, 0.1) is 14.2 Å². The Hall–Kier alpha value is -2.11. The van der Waals surface area contributed by atoms with Crippen LogP contribution in [-0.2, 0) is 0 Å². The minimum absolute atomic E-state index is 0.0538. The number of urea groups is 1. The molecule has 2 amide bonds. The molecule has 0 radical (unpaired) electrons. The van der Waals surface area contributed by atoms with Crippen molar-refractivity contribution < 1.29 is 14.3 Å². The van der Waals surface area contributed by atoms with Gasteiger partial charge in [-0.05, 0) is 18.6 Å². The fourth-order valence-corrected chi connectivity index (χ4v) is 2.87. The predicted molar refractivity (Wildman–Crippen MR) is 96.3 cm³/mol. The van der Waals surface area contributed by atoms with Crippen molar-refractivity contribution >= 4 is 11.7 Å². The third-order valence-electron chi connectivity index (χ3n) is 4.36. The van der Waals surface area contributed by atoms with Gasteiger partial charge in [-0.2, -0.15) is 0 Å². The van der Waals surface area contributed by atoms with Gasteiger partial charge in [0, 0.05) is 44.5 Å². The van der Waals surface area contributed by atoms with Gasteiger partial charge in [0.2, 0.25) is 0 Å². The summed E-state index contributed by atoms with van der Waals surface area (Å²) in [7, 11) is 3.28. The lowest BCUT2D eigenvalue weighted by Gasteiger charge is -2.36. The molecule has 1 aliphatic rings. The first kappa shape index (κ1) is 18.2. The number of hydrogen-bond acceptors (Lipinski definition) is 4. The summed E-state index contributed by atoms with van der Waals surface area (Å²) in [5.41, 5.74) is 1.09. The average molecular weight is 335 g/mol. The van der Waals surface area contributed by atoms with Crippen LogP contribution in [0.4, 0.5) is 10.5 Å². The van der Waals surface area contributed by atoms with E-state index >= 15 is 0 Å². The summed E-state index contributed by atoms with van der Waals surface area (Å²) < 4.78 is 10.6. The van der Waals surface area contributed by atoms with Crippen LogP contribution in [0.15, 0.2) is 18.2 Å². The Bertz CT molecular complexity index is 528. The summed E-state index contributed by atoms with van der Waals surface area (Å²) in [4.78, 5) is 16.3. The second-order valence-corrected chi connectivity index (χ2v) is 5.95. The van der Waals surface area contributed by atoms with Gasteiger partial charge in [0.1, 0.15) is 0 Å². The summed E-state index contributed by atoms with van der Waals surface area (Å²) in [5.74, 6) is 1.46. The predicted octanol–water partition coefficient (Wildman–Crippen LogP) is 2.73. The molecule has 0 spiro atoms. The molecule has 1 aromatic carbocycles. The van der Waals surface area contributed by atoms with Crippen LogP contribution in [0, 0.1) is 0 Å². The number of nitrogens with one attached hydrogen (secondary N) is 1. The molecule has 6 heteroatoms. The maximum Gasteiger partial charge on any atom is 0.317 e. The highest BCUT2D eigenvalue weighted by atomic mass is 16.5. The van der Waals surface area contributed by atoms with Crippen molar-refractivity contribution in [3.8, 4) is 11.5 Å². The standard InChI is InChI=1S/C18H29N3O3/c1-4-5-6-9-19-18(22)21-12-10-20(11-13-21)15-7-8-16(23-2)17(14-15)24-3/h7-8,14H,4-6,9-13H2,1-3H3,(H,19,22). The second-order valence-electron chi connectivity index (χ2n) is 5.95. The van der Waals surface area contributed by atoms with Crippen molar-refractivity contribution in [2.75, 3.05) is 51.8 Å². The zero-order valence-electron chi connectivity index (χ0n) is 15.0. The number of carbonyl (C=O) groups excluding carboxylic acids is 1. The molecule has 1 fully saturated rings. The van der Waals surface area contributed by atoms with E-state index in [9.17, 15) is 4.79 Å². The quantitative estimate of drug-likeness (QED) is 0.779. The van der Waals surface area contributed by atoms with E-state index in [4.69, 9.17) is 9.47 Å². The Morgan fingerprint density at radius 1 is 1.08 bits per heavy atom. The van der Waals surface area contributed by atoms with Crippen molar-refractivity contribution in [1.29, 1.82) is 0 Å². The fraction of sp³-hybridized carbons (Fsp3) is 0.611. The van der Waals surface area contributed by atoms with Crippen LogP contribution >= 0.6 is 0 Å². The number of amides is 2. The molecule has 0 unspecified atom stereocenters. The zero-order valence-corrected chi connectivity index (χ0v) is 15.0. The monoisotopic (exact) mass is 335 g/mol. The molecule has 0 bridgehead atoms. The van der Waals surface area contributed by atoms with Crippen LogP contribution in [0.5, 0.6) is 11.5 Å². The van der Waals surface area contributed by atoms with Crippen molar-refractivity contribution in [2.24, 2.45) is 0 Å². The number of anilines is 1. The average Bonchev–Trinajstić information content (AvgIpc) is 2.64. The Morgan fingerprint density at radius 2 is 1.79 bits per heavy atom. The highest BCUT2D eigenvalue weighted by Gasteiger charge is 2.21. The van der Waals surface area contributed by atoms with Gasteiger partial charge in [0.25, 0.3) is 0 Å². The molecule has 0 aliphatic carbocycles. The molecule has 1 heterocycles. The van der Waals surface area contributed by atoms with Gasteiger partial charge < -0.3 is 24.6 Å². The topological polar surface area (TPSA) is 54.0 Å². The molecule has 1 aliphatic heterocycles. The maximum absolute atomic E-state index is 12.1. The van der Waals surface area contributed by atoms with E-state index in [1.54, 1.807) is 14.2 Å². The summed E-state index contributed by atoms with van der Waals surface area (Å²) in [6, 6.07) is 5.99. The van der Waals surface area contributed by atoms with Crippen molar-refractivity contribution in [3.63, 3.8) is 0 Å². The minimum Gasteiger partial charge on any atom is -0.493 e. The van der Waals surface area contributed by atoms with Gasteiger partial charge >= 0.3 is 6.03 Å². The number of nitrogens with zero attached hydrogens (tertiary/aromatic N) is 2. The zero-order chi connectivity index (χ0) is 17.4. The van der Waals surface area contributed by atoms with E-state index in [0.717, 1.165) is 62.8 Å². The number of piperazine rings is 1. The van der Waals surface area contributed by atoms with E-state index in [1.807, 2.05) is 23.1 Å². The van der Waals surface area contributed by atoms with Crippen LogP contribution in [0.25, 0.3) is 0 Å². The van der Waals surface area contributed by atoms with Crippen LogP contribution in [-0.4, -0.2) is 57.9 Å². The molecule has 0 atom stereocenters. The number of methoxy groups -OCH3 is 2. The fourth-order valence-electron chi connectivity index (χ4n) is 2.87. The van der Waals surface area contributed by atoms with E-state index in [0.29, 0.717) is 0 Å². The van der Waals surface area contributed by atoms with Crippen LogP contribution in [0.3, 0.4) is 0 Å². The highest BCUT2D eigenvalue weighted by Crippen LogP contribution is 2.31. The van der Waals surface area contributed by atoms with Crippen molar-refractivity contribution in [2.45, 2.75) is 26.2 Å². The summed E-state index contributed by atoms with van der Waals surface area (Å²) in [6.07, 6.45) is 3.38. The van der Waals surface area contributed by atoms with E-state index < -0.39 is 0 Å². The molecular weight excluding hydrogens is 306 g/mol. The van der Waals surface area contributed by atoms with Gasteiger partial charge in [-0.25, -0.2) is 4.79 Å². The van der Waals surface area contributed by atoms with Gasteiger partial charge in [-0.1, -0.05) is 19.8 Å². The first-order chi connectivity index (χ1) is 11.7. The van der Waals surface area contributed by atoms with Gasteiger partial charge in [0.15, 0.2) is 11.5 Å². The van der Waals surface area contributed by atoms with E-state index in [2.05, 4.69) is 17.1 Å². The smallest absolute Gasteiger partial charge is 0.317 e. The van der Waals surface area contributed by atoms with Crippen LogP contribution in [0.1, 0.15) is 26.2 Å². The molecule has 1 N–H and O–H groups in total. The van der Waals surface area contributed by atoms with E-state index in [-0.39, 0.29) is 6.03 Å². The highest BCUT2D eigenvalue weighted by molar-refractivity contribution is 5.74. The molecule has 6 nitrogen and oxygen atoms in total. The first-order valence-corrected chi connectivity index (χ1v) is 8.69. The van der Waals surface area contributed by atoms with Crippen LogP contribution in [0.2, 0.25) is 0 Å². The molecule has 1 saturated heterocycles. The number of ether oxygens (including phenoxy) is 2. The lowest BCUT2D eigenvalue weighted by molar-refractivity contribution is 0.194. The molecule has 0 aromatic heterocycles. The molecule has 1 aromatic rings. The minimum atomic E-state index is 0.0538. The summed E-state index contributed by atoms with van der Waals surface area (Å²) in [6.45, 7) is 6.02. The van der Waals surface area contributed by atoms with Gasteiger partial charge in [-0.3, -0.25) is 0 Å². The molecule has 24 heavy (non-hydrogen) atoms. The number of benzene rings is 1. The Balaban J connectivity index is 1.85. The number of hydrogen-bond donors (Lipinski definition) is 1. The third-order valence-corrected chi connectivity index (χ3v) is 4.36. The molecule has 0 saturated carbocycles. The first-order valence-electron chi connectivity index (χ1n) is 8.69. The number of unbranched alkanes of at least 4 members (excludes halogenated alkanes) is 2. The van der Waals surface area contributed by atoms with Crippen molar-refractivity contribution in [1.82, 2.24) is 10.2 Å². The SMILES string of the molecule is CCCCCNC(=O)N1CCN(c2ccc(OC)c(OC)c2)CC1. The summed E-state index contributed by atoms with van der Waals surface area (Å²) in [5, 5.41) is 3.01. The normalized spacial score (nSPS) is 14.5. The van der Waals surface area contributed by atoms with Crippen molar-refractivity contribution in [3.05, 3.63) is 18.2 Å². The lowest BCUT2D eigenvalue weighted by atomic mass is 10.2. The summed E-state index contributed by atoms with van der Waals surface area (Å²) >= 11 is 0. The number of carbonyl (C=O) groups is 1. The molecule has 134 valence electrons. The van der Waals surface area contributed by atoms with Crippen LogP contribution < -0.4 is 19.7 Å². The van der Waals surface area contributed by atoms with E-state index in [1.165, 1.54) is 6.42 Å². The molecular formula is C18H29N3O3. The number of rotatable bonds is 7. The second kappa shape index (κ2) is 9.25.